The van der Waals surface area contributed by atoms with E-state index in [4.69, 9.17) is 32.5 Å². The van der Waals surface area contributed by atoms with Gasteiger partial charge in [0.25, 0.3) is 5.69 Å². The van der Waals surface area contributed by atoms with Crippen LogP contribution in [0.5, 0.6) is 0 Å². The van der Waals surface area contributed by atoms with E-state index in [-0.39, 0.29) is 18.0 Å². The summed E-state index contributed by atoms with van der Waals surface area (Å²) in [7, 11) is -4.87. The molecule has 2 heterocycles. The van der Waals surface area contributed by atoms with Crippen molar-refractivity contribution in [2.24, 2.45) is 0 Å². The first-order valence-corrected chi connectivity index (χ1v) is 14.6. The van der Waals surface area contributed by atoms with Gasteiger partial charge in [0.2, 0.25) is 10.0 Å². The fraction of sp³-hybridized carbons (Fsp3) is 0.333. The zero-order valence-corrected chi connectivity index (χ0v) is 24.2. The minimum absolute atomic E-state index is 0.0227. The number of nitro benzene ring substituents is 1. The number of halogens is 2. The SMILES string of the molecule is CC1(C)OB(c2ccc3c(c2)CN(S(=O)(=O)c2ccccc2[N+](=O)[O-])CC3c2ccc(Cl)c(Cl)c2)OC1(C)C. The summed E-state index contributed by atoms with van der Waals surface area (Å²) in [5, 5.41) is 12.4. The average molecular weight is 589 g/mol. The average Bonchev–Trinajstić information content (AvgIpc) is 3.11. The summed E-state index contributed by atoms with van der Waals surface area (Å²) in [6.07, 6.45) is 0. The van der Waals surface area contributed by atoms with Crippen LogP contribution in [-0.2, 0) is 25.9 Å². The predicted octanol–water partition coefficient (Wildman–Crippen LogP) is 5.54. The summed E-state index contributed by atoms with van der Waals surface area (Å²) in [5.74, 6) is -0.395. The molecule has 204 valence electrons. The van der Waals surface area contributed by atoms with Gasteiger partial charge in [-0.3, -0.25) is 10.1 Å². The number of fused-ring (bicyclic) bond motifs is 1. The molecule has 8 nitrogen and oxygen atoms in total. The number of benzene rings is 3. The highest BCUT2D eigenvalue weighted by Crippen LogP contribution is 2.40. The number of rotatable bonds is 5. The van der Waals surface area contributed by atoms with Gasteiger partial charge in [-0.05, 0) is 68.0 Å². The summed E-state index contributed by atoms with van der Waals surface area (Å²) in [5.41, 5.74) is 1.63. The van der Waals surface area contributed by atoms with Crippen molar-refractivity contribution in [3.63, 3.8) is 0 Å². The fourth-order valence-electron chi connectivity index (χ4n) is 4.95. The molecule has 1 fully saturated rings. The Hall–Kier alpha value is -2.47. The Morgan fingerprint density at radius 3 is 2.28 bits per heavy atom. The van der Waals surface area contributed by atoms with Crippen molar-refractivity contribution in [1.29, 1.82) is 0 Å². The van der Waals surface area contributed by atoms with Gasteiger partial charge in [0.1, 0.15) is 0 Å². The molecule has 12 heteroatoms. The van der Waals surface area contributed by atoms with Gasteiger partial charge in [-0.25, -0.2) is 8.42 Å². The maximum absolute atomic E-state index is 13.9. The third kappa shape index (κ3) is 4.99. The van der Waals surface area contributed by atoms with Crippen LogP contribution in [0, 0.1) is 10.1 Å². The third-order valence-electron chi connectivity index (χ3n) is 7.83. The van der Waals surface area contributed by atoms with Gasteiger partial charge in [0.05, 0.1) is 26.2 Å². The lowest BCUT2D eigenvalue weighted by atomic mass is 9.75. The minimum atomic E-state index is -4.24. The monoisotopic (exact) mass is 588 g/mol. The van der Waals surface area contributed by atoms with E-state index in [2.05, 4.69) is 0 Å². The molecule has 3 aromatic carbocycles. The lowest BCUT2D eigenvalue weighted by Crippen LogP contribution is -2.41. The number of nitrogens with zero attached hydrogens (tertiary/aromatic N) is 2. The van der Waals surface area contributed by atoms with Crippen molar-refractivity contribution < 1.29 is 22.6 Å². The van der Waals surface area contributed by atoms with Crippen LogP contribution in [0.1, 0.15) is 50.3 Å². The first-order chi connectivity index (χ1) is 18.2. The van der Waals surface area contributed by atoms with Gasteiger partial charge in [-0.15, -0.1) is 0 Å². The van der Waals surface area contributed by atoms with E-state index in [9.17, 15) is 18.5 Å². The molecule has 0 N–H and O–H groups in total. The first-order valence-electron chi connectivity index (χ1n) is 12.4. The second-order valence-corrected chi connectivity index (χ2v) is 13.5. The molecule has 5 rings (SSSR count). The van der Waals surface area contributed by atoms with E-state index in [0.29, 0.717) is 10.0 Å². The molecule has 0 bridgehead atoms. The molecule has 1 unspecified atom stereocenters. The van der Waals surface area contributed by atoms with Crippen LogP contribution in [0.4, 0.5) is 5.69 Å². The van der Waals surface area contributed by atoms with E-state index in [1.165, 1.54) is 28.6 Å². The molecule has 1 atom stereocenters. The molecule has 0 aliphatic carbocycles. The van der Waals surface area contributed by atoms with E-state index in [0.717, 1.165) is 22.2 Å². The molecule has 39 heavy (non-hydrogen) atoms. The lowest BCUT2D eigenvalue weighted by molar-refractivity contribution is -0.387. The Morgan fingerprint density at radius 1 is 0.974 bits per heavy atom. The van der Waals surface area contributed by atoms with Crippen LogP contribution in [0.2, 0.25) is 10.0 Å². The van der Waals surface area contributed by atoms with Crippen molar-refractivity contribution in [3.05, 3.63) is 97.5 Å². The van der Waals surface area contributed by atoms with E-state index in [1.807, 2.05) is 52.0 Å². The predicted molar refractivity (Wildman–Crippen MR) is 151 cm³/mol. The molecule has 3 aromatic rings. The number of para-hydroxylation sites is 1. The number of sulfonamides is 1. The maximum atomic E-state index is 13.9. The van der Waals surface area contributed by atoms with Crippen molar-refractivity contribution in [1.82, 2.24) is 4.31 Å². The Labute approximate surface area is 238 Å². The zero-order valence-electron chi connectivity index (χ0n) is 21.9. The largest absolute Gasteiger partial charge is 0.494 e. The molecular weight excluding hydrogens is 562 g/mol. The van der Waals surface area contributed by atoms with Crippen LogP contribution in [0.25, 0.3) is 0 Å². The number of hydrogen-bond acceptors (Lipinski definition) is 6. The molecule has 0 radical (unpaired) electrons. The van der Waals surface area contributed by atoms with Crippen LogP contribution < -0.4 is 5.46 Å². The summed E-state index contributed by atoms with van der Waals surface area (Å²) < 4.78 is 41.4. The summed E-state index contributed by atoms with van der Waals surface area (Å²) in [4.78, 5) is 10.6. The smallest absolute Gasteiger partial charge is 0.399 e. The highest BCUT2D eigenvalue weighted by molar-refractivity contribution is 7.89. The lowest BCUT2D eigenvalue weighted by Gasteiger charge is -2.34. The highest BCUT2D eigenvalue weighted by atomic mass is 35.5. The number of hydrogen-bond donors (Lipinski definition) is 0. The molecule has 0 saturated carbocycles. The van der Waals surface area contributed by atoms with Crippen LogP contribution >= 0.6 is 23.2 Å². The fourth-order valence-corrected chi connectivity index (χ4v) is 6.84. The van der Waals surface area contributed by atoms with Crippen LogP contribution in [0.3, 0.4) is 0 Å². The normalized spacial score (nSPS) is 20.6. The summed E-state index contributed by atoms with van der Waals surface area (Å²) in [6.45, 7) is 7.95. The van der Waals surface area contributed by atoms with Crippen molar-refractivity contribution in [2.75, 3.05) is 6.54 Å². The van der Waals surface area contributed by atoms with Crippen LogP contribution in [-0.4, -0.2) is 42.5 Å². The van der Waals surface area contributed by atoms with Gasteiger partial charge in [0.15, 0.2) is 4.90 Å². The second kappa shape index (κ2) is 9.87. The molecule has 0 spiro atoms. The quantitative estimate of drug-likeness (QED) is 0.220. The van der Waals surface area contributed by atoms with Crippen molar-refractivity contribution in [3.8, 4) is 0 Å². The minimum Gasteiger partial charge on any atom is -0.399 e. The third-order valence-corrected chi connectivity index (χ3v) is 10.4. The molecular formula is C27H27BCl2N2O6S. The zero-order chi connectivity index (χ0) is 28.3. The Bertz CT molecular complexity index is 1560. The van der Waals surface area contributed by atoms with Crippen LogP contribution in [0.15, 0.2) is 65.6 Å². The number of nitro groups is 1. The van der Waals surface area contributed by atoms with Gasteiger partial charge < -0.3 is 9.31 Å². The van der Waals surface area contributed by atoms with Gasteiger partial charge >= 0.3 is 7.12 Å². The molecule has 1 saturated heterocycles. The molecule has 0 amide bonds. The van der Waals surface area contributed by atoms with Crippen molar-refractivity contribution >= 4 is 51.5 Å². The van der Waals surface area contributed by atoms with E-state index in [1.54, 1.807) is 12.1 Å². The summed E-state index contributed by atoms with van der Waals surface area (Å²) in [6, 6.07) is 16.4. The Kier molecular flexibility index (Phi) is 7.10. The topological polar surface area (TPSA) is 99.0 Å². The van der Waals surface area contributed by atoms with Gasteiger partial charge in [-0.2, -0.15) is 4.31 Å². The Morgan fingerprint density at radius 2 is 1.64 bits per heavy atom. The highest BCUT2D eigenvalue weighted by Gasteiger charge is 2.52. The van der Waals surface area contributed by atoms with E-state index >= 15 is 0 Å². The first kappa shape index (κ1) is 28.1. The molecule has 0 aromatic heterocycles. The maximum Gasteiger partial charge on any atom is 0.494 e. The van der Waals surface area contributed by atoms with Crippen molar-refractivity contribution in [2.45, 2.75) is 56.3 Å². The molecule has 2 aliphatic heterocycles. The Balaban J connectivity index is 1.61. The second-order valence-electron chi connectivity index (χ2n) is 10.8. The van der Waals surface area contributed by atoms with Gasteiger partial charge in [0, 0.05) is 25.1 Å². The summed E-state index contributed by atoms with van der Waals surface area (Å²) >= 11 is 12.5. The van der Waals surface area contributed by atoms with E-state index < -0.39 is 44.9 Å². The molecule has 2 aliphatic rings. The standard InChI is InChI=1S/C27H27BCl2N2O6S/c1-26(2)27(3,4)38-28(37-26)19-10-11-20-18(13-19)15-31(16-21(20)17-9-12-22(29)23(30)14-17)39(35,36)25-8-6-5-7-24(25)32(33)34/h5-14,21H,15-16H2,1-4H3. The van der Waals surface area contributed by atoms with Gasteiger partial charge in [-0.1, -0.05) is 59.6 Å².